The average molecular weight is 277 g/mol. The van der Waals surface area contributed by atoms with Crippen LogP contribution in [0.15, 0.2) is 41.7 Å². The molecule has 0 saturated heterocycles. The van der Waals surface area contributed by atoms with Gasteiger partial charge in [0.15, 0.2) is 0 Å². The van der Waals surface area contributed by atoms with E-state index in [1.165, 1.54) is 18.1 Å². The normalized spacial score (nSPS) is 13.2. The van der Waals surface area contributed by atoms with Crippen LogP contribution in [0, 0.1) is 0 Å². The summed E-state index contributed by atoms with van der Waals surface area (Å²) in [7, 11) is -2.49. The van der Waals surface area contributed by atoms with Gasteiger partial charge in [0.25, 0.3) is 0 Å². The van der Waals surface area contributed by atoms with Gasteiger partial charge in [-0.3, -0.25) is 0 Å². The summed E-state index contributed by atoms with van der Waals surface area (Å²) < 4.78 is 0. The zero-order valence-electron chi connectivity index (χ0n) is 12.7. The lowest BCUT2D eigenvalue weighted by molar-refractivity contribution is 1.19. The van der Waals surface area contributed by atoms with Gasteiger partial charge in [-0.25, -0.2) is 0 Å². The molecule has 0 bridgehead atoms. The summed E-state index contributed by atoms with van der Waals surface area (Å²) in [5.74, 6) is 0. The first-order chi connectivity index (χ1) is 8.49. The summed E-state index contributed by atoms with van der Waals surface area (Å²) >= 11 is 0. The van der Waals surface area contributed by atoms with E-state index < -0.39 is 16.1 Å². The van der Waals surface area contributed by atoms with Crippen molar-refractivity contribution in [3.05, 3.63) is 41.7 Å². The lowest BCUT2D eigenvalue weighted by Gasteiger charge is -2.26. The molecule has 1 rings (SSSR count). The van der Waals surface area contributed by atoms with Gasteiger partial charge in [-0.15, -0.1) is 5.70 Å². The maximum Gasteiger partial charge on any atom is 0.103 e. The van der Waals surface area contributed by atoms with Gasteiger partial charge in [0.2, 0.25) is 0 Å². The van der Waals surface area contributed by atoms with E-state index in [-0.39, 0.29) is 0 Å². The third-order valence-electron chi connectivity index (χ3n) is 4.48. The Bertz CT molecular complexity index is 367. The van der Waals surface area contributed by atoms with Gasteiger partial charge in [0.1, 0.15) is 8.07 Å². The molecule has 0 spiro atoms. The molecule has 1 aromatic carbocycles. The van der Waals surface area contributed by atoms with E-state index in [0.29, 0.717) is 0 Å². The molecule has 0 aliphatic carbocycles. The molecule has 0 amide bonds. The minimum absolute atomic E-state index is 1.11. The first kappa shape index (κ1) is 15.5. The summed E-state index contributed by atoms with van der Waals surface area (Å²) in [6, 6.07) is 15.2. The van der Waals surface area contributed by atoms with Crippen molar-refractivity contribution in [2.45, 2.75) is 52.0 Å². The van der Waals surface area contributed by atoms with Crippen LogP contribution in [-0.4, -0.2) is 16.1 Å². The molecule has 0 aromatic heterocycles. The second kappa shape index (κ2) is 6.53. The SMILES string of the molecule is CC[Si](/C=C\[Si](C)(C)c1ccccc1)(CC)CC. The number of hydrogen-bond donors (Lipinski definition) is 0. The van der Waals surface area contributed by atoms with Gasteiger partial charge in [-0.05, 0) is 0 Å². The van der Waals surface area contributed by atoms with Crippen molar-refractivity contribution in [2.75, 3.05) is 0 Å². The molecule has 0 heterocycles. The first-order valence-electron chi connectivity index (χ1n) is 7.25. The molecule has 0 nitrogen and oxygen atoms in total. The third-order valence-corrected chi connectivity index (χ3v) is 12.7. The highest BCUT2D eigenvalue weighted by molar-refractivity contribution is 6.96. The summed E-state index contributed by atoms with van der Waals surface area (Å²) in [4.78, 5) is 0. The second-order valence-electron chi connectivity index (χ2n) is 5.84. The standard InChI is InChI=1S/C16H28Si2/c1-6-18(7-2,8-3)15-14-17(4,5)16-12-10-9-11-13-16/h9-15H,6-8H2,1-5H3/b15-14-. The van der Waals surface area contributed by atoms with Crippen molar-refractivity contribution in [1.29, 1.82) is 0 Å². The molecule has 0 unspecified atom stereocenters. The minimum Gasteiger partial charge on any atom is -0.102 e. The molecule has 100 valence electrons. The highest BCUT2D eigenvalue weighted by Gasteiger charge is 2.26. The van der Waals surface area contributed by atoms with Crippen LogP contribution >= 0.6 is 0 Å². The molecule has 0 atom stereocenters. The van der Waals surface area contributed by atoms with Crippen LogP contribution in [0.25, 0.3) is 0 Å². The summed E-state index contributed by atoms with van der Waals surface area (Å²) in [5, 5.41) is 1.55. The number of benzene rings is 1. The van der Waals surface area contributed by atoms with Crippen LogP contribution in [0.5, 0.6) is 0 Å². The van der Waals surface area contributed by atoms with Crippen LogP contribution in [0.3, 0.4) is 0 Å². The zero-order chi connectivity index (χ0) is 13.6. The highest BCUT2D eigenvalue weighted by Crippen LogP contribution is 2.22. The fourth-order valence-corrected chi connectivity index (χ4v) is 8.98. The van der Waals surface area contributed by atoms with Crippen molar-refractivity contribution in [3.8, 4) is 0 Å². The minimum atomic E-state index is -1.38. The van der Waals surface area contributed by atoms with Gasteiger partial charge in [-0.1, -0.05) is 93.2 Å². The molecule has 0 N–H and O–H groups in total. The van der Waals surface area contributed by atoms with E-state index in [4.69, 9.17) is 0 Å². The molecule has 1 aromatic rings. The third kappa shape index (κ3) is 3.69. The molecule has 0 saturated carbocycles. The van der Waals surface area contributed by atoms with E-state index in [9.17, 15) is 0 Å². The molecule has 0 radical (unpaired) electrons. The Hall–Kier alpha value is -0.606. The smallest absolute Gasteiger partial charge is 0.102 e. The van der Waals surface area contributed by atoms with Gasteiger partial charge >= 0.3 is 0 Å². The van der Waals surface area contributed by atoms with Crippen LogP contribution in [-0.2, 0) is 0 Å². The lowest BCUT2D eigenvalue weighted by atomic mass is 10.4. The Labute approximate surface area is 115 Å². The number of hydrogen-bond acceptors (Lipinski definition) is 0. The summed E-state index contributed by atoms with van der Waals surface area (Å²) in [6.07, 6.45) is 0. The Morgan fingerprint density at radius 1 is 0.833 bits per heavy atom. The Morgan fingerprint density at radius 2 is 1.33 bits per heavy atom. The van der Waals surface area contributed by atoms with E-state index in [2.05, 4.69) is 75.6 Å². The topological polar surface area (TPSA) is 0 Å². The molecular formula is C16H28Si2. The van der Waals surface area contributed by atoms with Crippen molar-refractivity contribution in [2.24, 2.45) is 0 Å². The highest BCUT2D eigenvalue weighted by atomic mass is 28.3. The largest absolute Gasteiger partial charge is 0.103 e. The Balaban J connectivity index is 2.95. The van der Waals surface area contributed by atoms with Crippen LogP contribution < -0.4 is 5.19 Å². The van der Waals surface area contributed by atoms with Crippen molar-refractivity contribution in [3.63, 3.8) is 0 Å². The van der Waals surface area contributed by atoms with Crippen molar-refractivity contribution >= 4 is 21.3 Å². The van der Waals surface area contributed by atoms with Crippen molar-refractivity contribution in [1.82, 2.24) is 0 Å². The molecule has 2 heteroatoms. The molecule has 0 fully saturated rings. The fraction of sp³-hybridized carbons (Fsp3) is 0.500. The summed E-state index contributed by atoms with van der Waals surface area (Å²) in [5.41, 5.74) is 5.26. The first-order valence-corrected chi connectivity index (χ1v) is 13.0. The molecule has 18 heavy (non-hydrogen) atoms. The average Bonchev–Trinajstić information content (AvgIpc) is 2.42. The molecule has 0 aliphatic rings. The lowest BCUT2D eigenvalue weighted by Crippen LogP contribution is -2.41. The van der Waals surface area contributed by atoms with E-state index in [1.807, 2.05) is 0 Å². The number of rotatable bonds is 6. The maximum atomic E-state index is 2.66. The van der Waals surface area contributed by atoms with Gasteiger partial charge in [0, 0.05) is 0 Å². The quantitative estimate of drug-likeness (QED) is 0.658. The predicted octanol–water partition coefficient (Wildman–Crippen LogP) is 4.75. The van der Waals surface area contributed by atoms with Gasteiger partial charge in [-0.2, -0.15) is 0 Å². The predicted molar refractivity (Wildman–Crippen MR) is 89.9 cm³/mol. The molecular weight excluding hydrogens is 248 g/mol. The van der Waals surface area contributed by atoms with E-state index >= 15 is 0 Å². The Morgan fingerprint density at radius 3 is 1.78 bits per heavy atom. The molecule has 0 aliphatic heterocycles. The van der Waals surface area contributed by atoms with E-state index in [1.54, 1.807) is 5.19 Å². The van der Waals surface area contributed by atoms with E-state index in [0.717, 1.165) is 0 Å². The monoisotopic (exact) mass is 276 g/mol. The van der Waals surface area contributed by atoms with Gasteiger partial charge < -0.3 is 0 Å². The van der Waals surface area contributed by atoms with Crippen LogP contribution in [0.1, 0.15) is 20.8 Å². The van der Waals surface area contributed by atoms with Crippen LogP contribution in [0.2, 0.25) is 31.2 Å². The maximum absolute atomic E-state index is 2.66. The van der Waals surface area contributed by atoms with Crippen molar-refractivity contribution < 1.29 is 0 Å². The van der Waals surface area contributed by atoms with Gasteiger partial charge in [0.05, 0.1) is 8.07 Å². The summed E-state index contributed by atoms with van der Waals surface area (Å²) in [6.45, 7) is 12.0. The zero-order valence-corrected chi connectivity index (χ0v) is 14.7. The Kier molecular flexibility index (Phi) is 5.60. The second-order valence-corrected chi connectivity index (χ2v) is 15.4. The fourth-order valence-electron chi connectivity index (χ4n) is 2.45. The van der Waals surface area contributed by atoms with Crippen LogP contribution in [0.4, 0.5) is 0 Å².